The molecular weight excluding hydrogens is 307 g/mol. The Morgan fingerprint density at radius 3 is 2.75 bits per heavy atom. The van der Waals surface area contributed by atoms with Gasteiger partial charge in [0.25, 0.3) is 0 Å². The molecule has 2 bridgehead atoms. The van der Waals surface area contributed by atoms with Crippen LogP contribution in [0, 0.1) is 0 Å². The molecule has 4 rings (SSSR count). The van der Waals surface area contributed by atoms with Crippen LogP contribution < -0.4 is 10.2 Å². The van der Waals surface area contributed by atoms with Gasteiger partial charge in [0.05, 0.1) is 11.7 Å². The fraction of sp³-hybridized carbons (Fsp3) is 0.444. The normalized spacial score (nSPS) is 28.8. The molecule has 0 spiro atoms. The highest BCUT2D eigenvalue weighted by molar-refractivity contribution is 5.66. The van der Waals surface area contributed by atoms with E-state index in [4.69, 9.17) is 0 Å². The second-order valence-corrected chi connectivity index (χ2v) is 6.70. The van der Waals surface area contributed by atoms with Gasteiger partial charge < -0.3 is 15.3 Å². The van der Waals surface area contributed by atoms with Crippen molar-refractivity contribution < 1.29 is 9.50 Å². The van der Waals surface area contributed by atoms with Gasteiger partial charge in [-0.25, -0.2) is 4.39 Å². The van der Waals surface area contributed by atoms with Gasteiger partial charge in [0.2, 0.25) is 0 Å². The first-order chi connectivity index (χ1) is 11.6. The molecule has 0 radical (unpaired) electrons. The number of alkyl halides is 1. The van der Waals surface area contributed by atoms with Crippen molar-refractivity contribution in [3.05, 3.63) is 36.4 Å². The highest BCUT2D eigenvalue weighted by Crippen LogP contribution is 2.33. The maximum absolute atomic E-state index is 14.7. The first-order valence-corrected chi connectivity index (χ1v) is 8.38. The van der Waals surface area contributed by atoms with Crippen LogP contribution in [0.25, 0.3) is 11.3 Å². The van der Waals surface area contributed by atoms with Crippen LogP contribution in [0.1, 0.15) is 19.3 Å². The molecule has 0 unspecified atom stereocenters. The number of phenolic OH excluding ortho intramolecular Hbond substituents is 1. The van der Waals surface area contributed by atoms with Crippen LogP contribution in [0.2, 0.25) is 0 Å². The molecular formula is C18H21FN4O. The van der Waals surface area contributed by atoms with Gasteiger partial charge in [-0.15, -0.1) is 10.2 Å². The molecule has 4 atom stereocenters. The molecule has 2 aliphatic rings. The number of halogens is 1. The van der Waals surface area contributed by atoms with Crippen molar-refractivity contribution in [2.45, 2.75) is 43.6 Å². The van der Waals surface area contributed by atoms with Crippen molar-refractivity contribution in [3.63, 3.8) is 0 Å². The molecule has 0 amide bonds. The Labute approximate surface area is 140 Å². The quantitative estimate of drug-likeness (QED) is 0.906. The number of aromatic hydroxyl groups is 1. The average Bonchev–Trinajstić information content (AvgIpc) is 3.02. The number of hydrogen-bond donors (Lipinski definition) is 2. The van der Waals surface area contributed by atoms with Gasteiger partial charge in [0.15, 0.2) is 5.82 Å². The van der Waals surface area contributed by atoms with Gasteiger partial charge in [-0.05, 0) is 43.5 Å². The van der Waals surface area contributed by atoms with E-state index in [2.05, 4.69) is 15.5 Å². The molecule has 6 heteroatoms. The zero-order valence-electron chi connectivity index (χ0n) is 13.6. The van der Waals surface area contributed by atoms with E-state index in [1.807, 2.05) is 30.1 Å². The van der Waals surface area contributed by atoms with Crippen LogP contribution in [0.4, 0.5) is 10.2 Å². The highest BCUT2D eigenvalue weighted by Gasteiger charge is 2.43. The lowest BCUT2D eigenvalue weighted by Crippen LogP contribution is -2.55. The maximum Gasteiger partial charge on any atom is 0.151 e. The number of fused-ring (bicyclic) bond motifs is 2. The fourth-order valence-corrected chi connectivity index (χ4v) is 3.87. The smallest absolute Gasteiger partial charge is 0.151 e. The molecule has 3 heterocycles. The third-order valence-corrected chi connectivity index (χ3v) is 5.24. The number of piperidine rings is 1. The van der Waals surface area contributed by atoms with Gasteiger partial charge in [-0.2, -0.15) is 0 Å². The van der Waals surface area contributed by atoms with Crippen LogP contribution in [0.15, 0.2) is 36.4 Å². The van der Waals surface area contributed by atoms with Gasteiger partial charge in [-0.3, -0.25) is 0 Å². The minimum Gasteiger partial charge on any atom is -0.507 e. The third-order valence-electron chi connectivity index (χ3n) is 5.24. The van der Waals surface area contributed by atoms with Crippen LogP contribution in [-0.2, 0) is 0 Å². The van der Waals surface area contributed by atoms with E-state index in [0.29, 0.717) is 23.1 Å². The van der Waals surface area contributed by atoms with Gasteiger partial charge >= 0.3 is 0 Å². The number of rotatable bonds is 3. The number of nitrogens with one attached hydrogen (secondary N) is 1. The molecule has 126 valence electrons. The zero-order chi connectivity index (χ0) is 16.7. The molecule has 2 N–H and O–H groups in total. The Kier molecular flexibility index (Phi) is 3.84. The fourth-order valence-electron chi connectivity index (χ4n) is 3.87. The molecule has 1 aromatic heterocycles. The van der Waals surface area contributed by atoms with Gasteiger partial charge in [-0.1, -0.05) is 12.1 Å². The first-order valence-electron chi connectivity index (χ1n) is 8.38. The van der Waals surface area contributed by atoms with Crippen LogP contribution in [-0.4, -0.2) is 46.6 Å². The lowest BCUT2D eigenvalue weighted by atomic mass is 9.96. The molecule has 2 fully saturated rings. The Morgan fingerprint density at radius 1 is 1.17 bits per heavy atom. The second kappa shape index (κ2) is 6.02. The Hall–Kier alpha value is -2.21. The van der Waals surface area contributed by atoms with E-state index in [9.17, 15) is 9.50 Å². The number of benzene rings is 1. The number of hydrogen-bond acceptors (Lipinski definition) is 5. The minimum absolute atomic E-state index is 0.0373. The third kappa shape index (κ3) is 2.60. The second-order valence-electron chi connectivity index (χ2n) is 6.70. The monoisotopic (exact) mass is 328 g/mol. The SMILES string of the molecule is CN(c1ccc(-c2ccccc2O)nn1)[C@H]1C[C@@H]2CC[C@@H](N2)[C@H]1F. The highest BCUT2D eigenvalue weighted by atomic mass is 19.1. The number of para-hydroxylation sites is 1. The summed E-state index contributed by atoms with van der Waals surface area (Å²) in [5, 5.41) is 21.7. The van der Waals surface area contributed by atoms with E-state index in [1.54, 1.807) is 18.2 Å². The molecule has 24 heavy (non-hydrogen) atoms. The summed E-state index contributed by atoms with van der Waals surface area (Å²) in [4.78, 5) is 1.90. The number of nitrogens with zero attached hydrogens (tertiary/aromatic N) is 3. The maximum atomic E-state index is 14.7. The average molecular weight is 328 g/mol. The zero-order valence-corrected chi connectivity index (χ0v) is 13.6. The predicted molar refractivity (Wildman–Crippen MR) is 90.8 cm³/mol. The largest absolute Gasteiger partial charge is 0.507 e. The number of phenols is 1. The summed E-state index contributed by atoms with van der Waals surface area (Å²) in [6.07, 6.45) is 1.85. The van der Waals surface area contributed by atoms with E-state index in [1.165, 1.54) is 0 Å². The van der Waals surface area contributed by atoms with E-state index in [0.717, 1.165) is 19.3 Å². The lowest BCUT2D eigenvalue weighted by molar-refractivity contribution is 0.176. The summed E-state index contributed by atoms with van der Waals surface area (Å²) in [5.41, 5.74) is 1.25. The number of aromatic nitrogens is 2. The van der Waals surface area contributed by atoms with Crippen LogP contribution in [0.5, 0.6) is 5.75 Å². The predicted octanol–water partition coefficient (Wildman–Crippen LogP) is 2.52. The lowest BCUT2D eigenvalue weighted by Gasteiger charge is -2.38. The van der Waals surface area contributed by atoms with Crippen molar-refractivity contribution in [1.29, 1.82) is 0 Å². The van der Waals surface area contributed by atoms with E-state index >= 15 is 0 Å². The van der Waals surface area contributed by atoms with E-state index in [-0.39, 0.29) is 17.8 Å². The number of anilines is 1. The first kappa shape index (κ1) is 15.3. The summed E-state index contributed by atoms with van der Waals surface area (Å²) in [6, 6.07) is 10.9. The Bertz CT molecular complexity index is 723. The standard InChI is InChI=1S/C18H21FN4O/c1-23(15-10-11-6-7-14(20-11)18(15)19)17-9-8-13(21-22-17)12-4-2-3-5-16(12)24/h2-5,8-9,11,14-15,18,20,24H,6-7,10H2,1H3/t11-,14+,15-,18+/m0/s1. The van der Waals surface area contributed by atoms with Crippen LogP contribution >= 0.6 is 0 Å². The van der Waals surface area contributed by atoms with Gasteiger partial charge in [0, 0.05) is 24.7 Å². The van der Waals surface area contributed by atoms with Crippen molar-refractivity contribution in [2.75, 3.05) is 11.9 Å². The van der Waals surface area contributed by atoms with Crippen molar-refractivity contribution >= 4 is 5.82 Å². The molecule has 2 aliphatic heterocycles. The van der Waals surface area contributed by atoms with Crippen LogP contribution in [0.3, 0.4) is 0 Å². The summed E-state index contributed by atoms with van der Waals surface area (Å²) in [5.74, 6) is 0.828. The summed E-state index contributed by atoms with van der Waals surface area (Å²) >= 11 is 0. The molecule has 0 aliphatic carbocycles. The summed E-state index contributed by atoms with van der Waals surface area (Å²) in [7, 11) is 1.88. The molecule has 5 nitrogen and oxygen atoms in total. The molecule has 2 saturated heterocycles. The van der Waals surface area contributed by atoms with E-state index < -0.39 is 6.17 Å². The minimum atomic E-state index is -0.895. The molecule has 0 saturated carbocycles. The van der Waals surface area contributed by atoms with Gasteiger partial charge in [0.1, 0.15) is 11.9 Å². The topological polar surface area (TPSA) is 61.3 Å². The summed E-state index contributed by atoms with van der Waals surface area (Å²) < 4.78 is 14.7. The van der Waals surface area contributed by atoms with Crippen molar-refractivity contribution in [2.24, 2.45) is 0 Å². The molecule has 2 aromatic rings. The Balaban J connectivity index is 1.55. The Morgan fingerprint density at radius 2 is 2.00 bits per heavy atom. The van der Waals surface area contributed by atoms with Crippen molar-refractivity contribution in [1.82, 2.24) is 15.5 Å². The summed E-state index contributed by atoms with van der Waals surface area (Å²) in [6.45, 7) is 0. The van der Waals surface area contributed by atoms with Crippen molar-refractivity contribution in [3.8, 4) is 17.0 Å². The molecule has 1 aromatic carbocycles.